The molecule has 0 aliphatic heterocycles. The lowest BCUT2D eigenvalue weighted by molar-refractivity contribution is 0.0503. The number of hydrogen-bond acceptors (Lipinski definition) is 6. The maximum Gasteiger partial charge on any atom is 0.411 e. The molecule has 8 nitrogen and oxygen atoms in total. The fourth-order valence-electron chi connectivity index (χ4n) is 3.38. The highest BCUT2D eigenvalue weighted by Crippen LogP contribution is 2.26. The predicted molar refractivity (Wildman–Crippen MR) is 130 cm³/mol. The van der Waals surface area contributed by atoms with E-state index in [1.807, 2.05) is 76.2 Å². The topological polar surface area (TPSA) is 102 Å². The van der Waals surface area contributed by atoms with Gasteiger partial charge in [-0.05, 0) is 57.0 Å². The smallest absolute Gasteiger partial charge is 0.411 e. The van der Waals surface area contributed by atoms with Crippen LogP contribution in [0.1, 0.15) is 43.8 Å². The van der Waals surface area contributed by atoms with Crippen LogP contribution in [0.2, 0.25) is 0 Å². The third kappa shape index (κ3) is 7.03. The molecule has 0 radical (unpaired) electrons. The first-order valence-corrected chi connectivity index (χ1v) is 11.0. The average Bonchev–Trinajstić information content (AvgIpc) is 2.79. The average molecular weight is 463 g/mol. The van der Waals surface area contributed by atoms with Gasteiger partial charge in [0.25, 0.3) is 0 Å². The summed E-state index contributed by atoms with van der Waals surface area (Å²) in [5.74, 6) is 0. The van der Waals surface area contributed by atoms with Crippen LogP contribution < -0.4 is 10.6 Å². The summed E-state index contributed by atoms with van der Waals surface area (Å²) in [6.45, 7) is 7.37. The van der Waals surface area contributed by atoms with E-state index >= 15 is 0 Å². The largest absolute Gasteiger partial charge is 0.453 e. The Bertz CT molecular complexity index is 1130. The van der Waals surface area contributed by atoms with Gasteiger partial charge in [-0.1, -0.05) is 42.5 Å². The maximum atomic E-state index is 12.5. The highest BCUT2D eigenvalue weighted by Gasteiger charge is 2.22. The highest BCUT2D eigenvalue weighted by molar-refractivity contribution is 5.85. The van der Waals surface area contributed by atoms with Gasteiger partial charge in [0, 0.05) is 17.7 Å². The lowest BCUT2D eigenvalue weighted by Gasteiger charge is -2.24. The first kappa shape index (κ1) is 24.7. The second kappa shape index (κ2) is 10.8. The van der Waals surface area contributed by atoms with Crippen LogP contribution in [0.3, 0.4) is 0 Å². The summed E-state index contributed by atoms with van der Waals surface area (Å²) >= 11 is 0. The van der Waals surface area contributed by atoms with Crippen LogP contribution in [-0.2, 0) is 15.9 Å². The summed E-state index contributed by atoms with van der Waals surface area (Å²) in [6, 6.07) is 18.7. The second-order valence-corrected chi connectivity index (χ2v) is 8.84. The van der Waals surface area contributed by atoms with E-state index in [0.717, 1.165) is 28.1 Å². The summed E-state index contributed by atoms with van der Waals surface area (Å²) in [4.78, 5) is 23.9. The molecule has 1 atom stereocenters. The molecule has 34 heavy (non-hydrogen) atoms. The number of benzene rings is 2. The van der Waals surface area contributed by atoms with E-state index in [1.54, 1.807) is 12.1 Å². The van der Waals surface area contributed by atoms with Gasteiger partial charge in [0.05, 0.1) is 24.5 Å². The van der Waals surface area contributed by atoms with E-state index in [4.69, 9.17) is 4.74 Å². The number of amides is 2. The lowest BCUT2D eigenvalue weighted by atomic mass is 9.99. The summed E-state index contributed by atoms with van der Waals surface area (Å²) in [6.07, 6.45) is -0.581. The molecule has 0 saturated carbocycles. The van der Waals surface area contributed by atoms with Crippen molar-refractivity contribution in [3.05, 3.63) is 77.6 Å². The molecule has 2 N–H and O–H groups in total. The van der Waals surface area contributed by atoms with Gasteiger partial charge in [-0.3, -0.25) is 5.32 Å². The van der Waals surface area contributed by atoms with Crippen molar-refractivity contribution in [2.75, 3.05) is 12.4 Å². The van der Waals surface area contributed by atoms with Gasteiger partial charge < -0.3 is 14.8 Å². The molecule has 3 rings (SSSR count). The molecule has 0 saturated heterocycles. The standard InChI is InChI=1S/C26H30N4O4/c1-17-22(18-11-13-20(14-12-18)27-24(31)33-5)15-21(30-29-17)16-23(19-9-7-6-8-10-19)28-25(32)34-26(2,3)4/h6-15,23H,16H2,1-5H3,(H,27,31)(H,28,32)/t23-/m0/s1. The zero-order chi connectivity index (χ0) is 24.7. The first-order valence-electron chi connectivity index (χ1n) is 11.0. The predicted octanol–water partition coefficient (Wildman–Crippen LogP) is 5.44. The van der Waals surface area contributed by atoms with Gasteiger partial charge in [-0.15, -0.1) is 0 Å². The molecule has 1 aromatic heterocycles. The van der Waals surface area contributed by atoms with Crippen LogP contribution in [-0.4, -0.2) is 35.1 Å². The summed E-state index contributed by atoms with van der Waals surface area (Å²) in [5, 5.41) is 14.3. The van der Waals surface area contributed by atoms with Crippen LogP contribution >= 0.6 is 0 Å². The van der Waals surface area contributed by atoms with Gasteiger partial charge >= 0.3 is 12.2 Å². The molecule has 0 fully saturated rings. The Morgan fingerprint density at radius 1 is 0.971 bits per heavy atom. The van der Waals surface area contributed by atoms with E-state index in [-0.39, 0.29) is 6.04 Å². The van der Waals surface area contributed by atoms with Crippen LogP contribution in [0.4, 0.5) is 15.3 Å². The SMILES string of the molecule is COC(=O)Nc1ccc(-c2cc(C[C@H](NC(=O)OC(C)(C)C)c3ccccc3)nnc2C)cc1. The number of aromatic nitrogens is 2. The molecule has 0 unspecified atom stereocenters. The molecule has 178 valence electrons. The van der Waals surface area contributed by atoms with Gasteiger partial charge in [0.2, 0.25) is 0 Å². The number of aryl methyl sites for hydroxylation is 1. The quantitative estimate of drug-likeness (QED) is 0.506. The van der Waals surface area contributed by atoms with Gasteiger partial charge in [-0.2, -0.15) is 10.2 Å². The lowest BCUT2D eigenvalue weighted by Crippen LogP contribution is -2.35. The van der Waals surface area contributed by atoms with Gasteiger partial charge in [0.1, 0.15) is 5.60 Å². The number of hydrogen-bond donors (Lipinski definition) is 2. The Hall–Kier alpha value is -3.94. The van der Waals surface area contributed by atoms with Crippen molar-refractivity contribution in [2.24, 2.45) is 0 Å². The Kier molecular flexibility index (Phi) is 7.83. The molecular weight excluding hydrogens is 432 g/mol. The maximum absolute atomic E-state index is 12.5. The van der Waals surface area contributed by atoms with Crippen molar-refractivity contribution in [3.8, 4) is 11.1 Å². The number of rotatable bonds is 6. The van der Waals surface area contributed by atoms with E-state index in [0.29, 0.717) is 12.1 Å². The molecule has 2 aromatic carbocycles. The molecule has 0 aliphatic rings. The molecular formula is C26H30N4O4. The van der Waals surface area contributed by atoms with Crippen molar-refractivity contribution in [1.82, 2.24) is 15.5 Å². The van der Waals surface area contributed by atoms with E-state index in [9.17, 15) is 9.59 Å². The highest BCUT2D eigenvalue weighted by atomic mass is 16.6. The minimum Gasteiger partial charge on any atom is -0.453 e. The minimum atomic E-state index is -0.600. The fourth-order valence-corrected chi connectivity index (χ4v) is 3.38. The number of ether oxygens (including phenoxy) is 2. The molecule has 2 amide bonds. The first-order chi connectivity index (χ1) is 16.1. The van der Waals surface area contributed by atoms with Crippen molar-refractivity contribution >= 4 is 17.9 Å². The van der Waals surface area contributed by atoms with Crippen molar-refractivity contribution in [3.63, 3.8) is 0 Å². The van der Waals surface area contributed by atoms with Crippen molar-refractivity contribution in [2.45, 2.75) is 45.8 Å². The fraction of sp³-hybridized carbons (Fsp3) is 0.308. The second-order valence-electron chi connectivity index (χ2n) is 8.84. The van der Waals surface area contributed by atoms with Crippen LogP contribution in [0, 0.1) is 6.92 Å². The molecule has 0 spiro atoms. The Morgan fingerprint density at radius 2 is 1.65 bits per heavy atom. The normalized spacial score (nSPS) is 11.9. The molecule has 0 bridgehead atoms. The molecule has 3 aromatic rings. The van der Waals surface area contributed by atoms with Gasteiger partial charge in [0.15, 0.2) is 0 Å². The zero-order valence-electron chi connectivity index (χ0n) is 20.1. The third-order valence-corrected chi connectivity index (χ3v) is 4.96. The number of alkyl carbamates (subject to hydrolysis) is 1. The number of methoxy groups -OCH3 is 1. The van der Waals surface area contributed by atoms with Crippen LogP contribution in [0.15, 0.2) is 60.7 Å². The number of nitrogens with one attached hydrogen (secondary N) is 2. The number of anilines is 1. The van der Waals surface area contributed by atoms with E-state index < -0.39 is 17.8 Å². The van der Waals surface area contributed by atoms with E-state index in [1.165, 1.54) is 7.11 Å². The van der Waals surface area contributed by atoms with Crippen LogP contribution in [0.5, 0.6) is 0 Å². The molecule has 0 aliphatic carbocycles. The van der Waals surface area contributed by atoms with Crippen molar-refractivity contribution in [1.29, 1.82) is 0 Å². The summed E-state index contributed by atoms with van der Waals surface area (Å²) in [5.41, 5.74) is 4.31. The molecule has 8 heteroatoms. The van der Waals surface area contributed by atoms with E-state index in [2.05, 4.69) is 25.6 Å². The monoisotopic (exact) mass is 462 g/mol. The number of nitrogens with zero attached hydrogens (tertiary/aromatic N) is 2. The number of carbonyl (C=O) groups is 2. The number of carbonyl (C=O) groups excluding carboxylic acids is 2. The minimum absolute atomic E-state index is 0.340. The Labute approximate surface area is 199 Å². The van der Waals surface area contributed by atoms with Crippen molar-refractivity contribution < 1.29 is 19.1 Å². The van der Waals surface area contributed by atoms with Crippen LogP contribution in [0.25, 0.3) is 11.1 Å². The zero-order valence-corrected chi connectivity index (χ0v) is 20.1. The summed E-state index contributed by atoms with van der Waals surface area (Å²) in [7, 11) is 1.32. The Balaban J connectivity index is 1.84. The Morgan fingerprint density at radius 3 is 2.26 bits per heavy atom. The van der Waals surface area contributed by atoms with Gasteiger partial charge in [-0.25, -0.2) is 9.59 Å². The molecule has 1 heterocycles. The third-order valence-electron chi connectivity index (χ3n) is 4.96. The summed E-state index contributed by atoms with van der Waals surface area (Å²) < 4.78 is 10.1.